The minimum atomic E-state index is -0.155. The van der Waals surface area contributed by atoms with Gasteiger partial charge in [0.05, 0.1) is 0 Å². The Morgan fingerprint density at radius 3 is 2.54 bits per heavy atom. The summed E-state index contributed by atoms with van der Waals surface area (Å²) in [6.45, 7) is 0. The molecule has 0 atom stereocenters. The number of fused-ring (bicyclic) bond motifs is 1. The molecule has 24 heavy (non-hydrogen) atoms. The molecule has 118 valence electrons. The molecular weight excluding hydrogens is 340 g/mol. The first-order chi connectivity index (χ1) is 11.9. The van der Waals surface area contributed by atoms with Crippen LogP contribution in [0.25, 0.3) is 11.9 Å². The van der Waals surface area contributed by atoms with E-state index in [0.29, 0.717) is 0 Å². The van der Waals surface area contributed by atoms with Crippen molar-refractivity contribution in [2.75, 3.05) is 0 Å². The van der Waals surface area contributed by atoms with Crippen molar-refractivity contribution in [3.8, 4) is 5.82 Å². The largest absolute Gasteiger partial charge is 0.280 e. The fourth-order valence-corrected chi connectivity index (χ4v) is 4.76. The SMILES string of the molecule is C1=CC(c2ccsc2)(c2ccsc2)Cc2[nH]nc(-n3cnnn3)c21. The third-order valence-electron chi connectivity index (χ3n) is 4.49. The molecule has 6 nitrogen and oxygen atoms in total. The minimum absolute atomic E-state index is 0.155. The summed E-state index contributed by atoms with van der Waals surface area (Å²) < 4.78 is 1.59. The van der Waals surface area contributed by atoms with E-state index in [1.165, 1.54) is 11.1 Å². The zero-order valence-electron chi connectivity index (χ0n) is 12.5. The highest BCUT2D eigenvalue weighted by atomic mass is 32.1. The molecule has 4 heterocycles. The van der Waals surface area contributed by atoms with Gasteiger partial charge >= 0.3 is 0 Å². The van der Waals surface area contributed by atoms with Gasteiger partial charge in [-0.3, -0.25) is 5.10 Å². The standard InChI is InChI=1S/C16H12N6S2/c1-4-16(11-2-5-23-8-11,12-3-6-24-9-12)7-14-13(1)15(19-18-14)22-10-17-20-21-22/h1-6,8-10H,7H2,(H,18,19). The number of hydrogen-bond donors (Lipinski definition) is 1. The number of rotatable bonds is 3. The van der Waals surface area contributed by atoms with Crippen molar-refractivity contribution in [2.45, 2.75) is 11.8 Å². The summed E-state index contributed by atoms with van der Waals surface area (Å²) >= 11 is 3.45. The lowest BCUT2D eigenvalue weighted by atomic mass is 9.70. The van der Waals surface area contributed by atoms with E-state index < -0.39 is 0 Å². The Balaban J connectivity index is 1.66. The van der Waals surface area contributed by atoms with E-state index in [9.17, 15) is 0 Å². The Labute approximate surface area is 145 Å². The van der Waals surface area contributed by atoms with Crippen LogP contribution in [0.3, 0.4) is 0 Å². The van der Waals surface area contributed by atoms with Crippen LogP contribution < -0.4 is 0 Å². The molecule has 0 bridgehead atoms. The van der Waals surface area contributed by atoms with E-state index in [1.54, 1.807) is 33.7 Å². The molecule has 0 amide bonds. The molecule has 4 aromatic rings. The van der Waals surface area contributed by atoms with Crippen LogP contribution in [0.15, 0.2) is 46.1 Å². The number of tetrazole rings is 1. The number of hydrogen-bond acceptors (Lipinski definition) is 6. The number of thiophene rings is 2. The molecule has 0 saturated carbocycles. The third kappa shape index (κ3) is 1.93. The van der Waals surface area contributed by atoms with Crippen LogP contribution in [0.4, 0.5) is 0 Å². The van der Waals surface area contributed by atoms with Crippen molar-refractivity contribution in [1.82, 2.24) is 30.4 Å². The molecule has 0 radical (unpaired) electrons. The topological polar surface area (TPSA) is 72.3 Å². The second-order valence-corrected chi connectivity index (χ2v) is 7.26. The van der Waals surface area contributed by atoms with Crippen molar-refractivity contribution in [2.24, 2.45) is 0 Å². The first-order valence-electron chi connectivity index (χ1n) is 7.42. The highest BCUT2D eigenvalue weighted by molar-refractivity contribution is 7.08. The number of aromatic nitrogens is 6. The normalized spacial score (nSPS) is 15.5. The van der Waals surface area contributed by atoms with Gasteiger partial charge in [-0.25, -0.2) is 0 Å². The van der Waals surface area contributed by atoms with Gasteiger partial charge in [-0.1, -0.05) is 12.2 Å². The molecule has 0 saturated heterocycles. The fourth-order valence-electron chi connectivity index (χ4n) is 3.28. The fraction of sp³-hybridized carbons (Fsp3) is 0.125. The van der Waals surface area contributed by atoms with E-state index in [0.717, 1.165) is 23.5 Å². The second kappa shape index (κ2) is 5.22. The maximum absolute atomic E-state index is 4.42. The molecule has 4 aromatic heterocycles. The summed E-state index contributed by atoms with van der Waals surface area (Å²) in [5, 5.41) is 27.7. The van der Waals surface area contributed by atoms with Crippen LogP contribution in [0, 0.1) is 0 Å². The first kappa shape index (κ1) is 13.8. The van der Waals surface area contributed by atoms with Crippen molar-refractivity contribution < 1.29 is 0 Å². The molecule has 0 unspecified atom stereocenters. The number of nitrogens with zero attached hydrogens (tertiary/aromatic N) is 5. The molecule has 0 spiro atoms. The molecule has 0 aliphatic heterocycles. The van der Waals surface area contributed by atoms with Crippen molar-refractivity contribution in [1.29, 1.82) is 0 Å². The van der Waals surface area contributed by atoms with Gasteiger partial charge in [-0.05, 0) is 55.2 Å². The maximum Gasteiger partial charge on any atom is 0.185 e. The van der Waals surface area contributed by atoms with E-state index in [1.807, 2.05) is 0 Å². The summed E-state index contributed by atoms with van der Waals surface area (Å²) in [6, 6.07) is 4.41. The van der Waals surface area contributed by atoms with Crippen LogP contribution in [-0.4, -0.2) is 30.4 Å². The predicted octanol–water partition coefficient (Wildman–Crippen LogP) is 3.06. The van der Waals surface area contributed by atoms with Gasteiger partial charge in [-0.2, -0.15) is 32.5 Å². The van der Waals surface area contributed by atoms with E-state index >= 15 is 0 Å². The molecule has 5 rings (SSSR count). The molecule has 0 aromatic carbocycles. The zero-order chi connectivity index (χ0) is 16.0. The van der Waals surface area contributed by atoms with Gasteiger partial charge in [0, 0.05) is 23.1 Å². The highest BCUT2D eigenvalue weighted by Crippen LogP contribution is 2.43. The summed E-state index contributed by atoms with van der Waals surface area (Å²) in [4.78, 5) is 0. The monoisotopic (exact) mass is 352 g/mol. The van der Waals surface area contributed by atoms with Crippen LogP contribution in [0.5, 0.6) is 0 Å². The average molecular weight is 352 g/mol. The first-order valence-corrected chi connectivity index (χ1v) is 9.30. The van der Waals surface area contributed by atoms with Gasteiger partial charge in [0.25, 0.3) is 0 Å². The molecule has 1 aliphatic rings. The van der Waals surface area contributed by atoms with Gasteiger partial charge in [0.2, 0.25) is 0 Å². The zero-order valence-corrected chi connectivity index (χ0v) is 14.1. The molecular formula is C16H12N6S2. The van der Waals surface area contributed by atoms with Gasteiger partial charge in [0.1, 0.15) is 6.33 Å². The predicted molar refractivity (Wildman–Crippen MR) is 93.5 cm³/mol. The van der Waals surface area contributed by atoms with Crippen molar-refractivity contribution in [3.63, 3.8) is 0 Å². The van der Waals surface area contributed by atoms with Crippen LogP contribution in [-0.2, 0) is 11.8 Å². The lowest BCUT2D eigenvalue weighted by molar-refractivity contribution is 0.625. The van der Waals surface area contributed by atoms with Crippen molar-refractivity contribution >= 4 is 28.7 Å². The molecule has 1 N–H and O–H groups in total. The number of H-pyrrole nitrogens is 1. The number of allylic oxidation sites excluding steroid dienone is 1. The number of nitrogens with one attached hydrogen (secondary N) is 1. The Morgan fingerprint density at radius 1 is 1.12 bits per heavy atom. The van der Waals surface area contributed by atoms with Crippen LogP contribution >= 0.6 is 22.7 Å². The lowest BCUT2D eigenvalue weighted by Gasteiger charge is -2.32. The summed E-state index contributed by atoms with van der Waals surface area (Å²) in [6.07, 6.45) is 6.81. The molecule has 8 heteroatoms. The lowest BCUT2D eigenvalue weighted by Crippen LogP contribution is -2.29. The average Bonchev–Trinajstić information content (AvgIpc) is 3.43. The molecule has 1 aliphatic carbocycles. The second-order valence-electron chi connectivity index (χ2n) is 5.70. The smallest absolute Gasteiger partial charge is 0.185 e. The van der Waals surface area contributed by atoms with E-state index in [-0.39, 0.29) is 5.41 Å². The van der Waals surface area contributed by atoms with Gasteiger partial charge in [-0.15, -0.1) is 5.10 Å². The third-order valence-corrected chi connectivity index (χ3v) is 5.86. The molecule has 0 fully saturated rings. The van der Waals surface area contributed by atoms with Crippen LogP contribution in [0.1, 0.15) is 22.4 Å². The number of aromatic amines is 1. The van der Waals surface area contributed by atoms with Gasteiger partial charge < -0.3 is 0 Å². The summed E-state index contributed by atoms with van der Waals surface area (Å²) in [5.41, 5.74) is 4.61. The quantitative estimate of drug-likeness (QED) is 0.615. The van der Waals surface area contributed by atoms with E-state index in [4.69, 9.17) is 0 Å². The Bertz CT molecular complexity index is 946. The summed E-state index contributed by atoms with van der Waals surface area (Å²) in [7, 11) is 0. The van der Waals surface area contributed by atoms with E-state index in [2.05, 4.69) is 71.5 Å². The van der Waals surface area contributed by atoms with Gasteiger partial charge in [0.15, 0.2) is 5.82 Å². The van der Waals surface area contributed by atoms with Crippen LogP contribution in [0.2, 0.25) is 0 Å². The maximum atomic E-state index is 4.42. The Morgan fingerprint density at radius 2 is 1.92 bits per heavy atom. The Kier molecular flexibility index (Phi) is 3.00. The minimum Gasteiger partial charge on any atom is -0.280 e. The van der Waals surface area contributed by atoms with Crippen molar-refractivity contribution in [3.05, 3.63) is 68.4 Å². The Hall–Kier alpha value is -2.58. The summed E-state index contributed by atoms with van der Waals surface area (Å²) in [5.74, 6) is 0.732. The highest BCUT2D eigenvalue weighted by Gasteiger charge is 2.37.